The average molecular weight is 303 g/mol. The maximum atomic E-state index is 13.1. The highest BCUT2D eigenvalue weighted by Gasteiger charge is 2.11. The molecule has 0 bridgehead atoms. The van der Waals surface area contributed by atoms with Crippen LogP contribution in [0.1, 0.15) is 17.0 Å². The largest absolute Gasteiger partial charge is 0.348 e. The van der Waals surface area contributed by atoms with Crippen LogP contribution in [-0.2, 0) is 6.54 Å². The molecule has 0 unspecified atom stereocenters. The molecule has 0 aliphatic heterocycles. The molecule has 0 spiro atoms. The molecule has 0 amide bonds. The van der Waals surface area contributed by atoms with Gasteiger partial charge in [-0.05, 0) is 41.6 Å². The van der Waals surface area contributed by atoms with Crippen molar-refractivity contribution in [1.82, 2.24) is 14.5 Å². The van der Waals surface area contributed by atoms with E-state index in [1.807, 2.05) is 37.4 Å². The maximum absolute atomic E-state index is 13.1. The SMILES string of the molecule is Cc1[nH]cnc1Cn1ccc2c(C)cc3ccccc3c2c1=O. The first-order chi connectivity index (χ1) is 11.1. The normalized spacial score (nSPS) is 11.4. The summed E-state index contributed by atoms with van der Waals surface area (Å²) in [5, 5.41) is 3.91. The smallest absolute Gasteiger partial charge is 0.259 e. The molecular formula is C19H17N3O. The summed E-state index contributed by atoms with van der Waals surface area (Å²) in [7, 11) is 0. The predicted octanol–water partition coefficient (Wildman–Crippen LogP) is 3.54. The van der Waals surface area contributed by atoms with Crippen molar-refractivity contribution in [2.45, 2.75) is 20.4 Å². The first-order valence-corrected chi connectivity index (χ1v) is 7.65. The Morgan fingerprint density at radius 1 is 1.13 bits per heavy atom. The molecule has 2 aromatic carbocycles. The van der Waals surface area contributed by atoms with Crippen LogP contribution in [0.4, 0.5) is 0 Å². The summed E-state index contributed by atoms with van der Waals surface area (Å²) < 4.78 is 1.73. The minimum absolute atomic E-state index is 0.0322. The fourth-order valence-corrected chi connectivity index (χ4v) is 3.16. The zero-order valence-electron chi connectivity index (χ0n) is 13.1. The number of imidazole rings is 1. The Hall–Kier alpha value is -2.88. The summed E-state index contributed by atoms with van der Waals surface area (Å²) >= 11 is 0. The van der Waals surface area contributed by atoms with Crippen molar-refractivity contribution >= 4 is 21.5 Å². The fraction of sp³-hybridized carbons (Fsp3) is 0.158. The summed E-state index contributed by atoms with van der Waals surface area (Å²) in [6.45, 7) is 4.50. The molecule has 2 heterocycles. The van der Waals surface area contributed by atoms with Gasteiger partial charge in [-0.1, -0.05) is 30.3 Å². The number of fused-ring (bicyclic) bond motifs is 3. The van der Waals surface area contributed by atoms with Gasteiger partial charge in [0.05, 0.1) is 24.0 Å². The van der Waals surface area contributed by atoms with Gasteiger partial charge in [-0.25, -0.2) is 4.98 Å². The van der Waals surface area contributed by atoms with E-state index < -0.39 is 0 Å². The van der Waals surface area contributed by atoms with E-state index in [9.17, 15) is 4.79 Å². The van der Waals surface area contributed by atoms with Crippen LogP contribution in [-0.4, -0.2) is 14.5 Å². The number of nitrogens with one attached hydrogen (secondary N) is 1. The Bertz CT molecular complexity index is 1090. The second kappa shape index (κ2) is 5.09. The van der Waals surface area contributed by atoms with E-state index >= 15 is 0 Å². The van der Waals surface area contributed by atoms with Crippen molar-refractivity contribution < 1.29 is 0 Å². The molecule has 0 radical (unpaired) electrons. The molecule has 4 nitrogen and oxygen atoms in total. The molecular weight excluding hydrogens is 286 g/mol. The number of benzene rings is 2. The lowest BCUT2D eigenvalue weighted by Crippen LogP contribution is -2.21. The molecule has 1 N–H and O–H groups in total. The minimum atomic E-state index is 0.0322. The Balaban J connectivity index is 2.02. The highest BCUT2D eigenvalue weighted by atomic mass is 16.1. The van der Waals surface area contributed by atoms with Crippen molar-refractivity contribution in [2.24, 2.45) is 0 Å². The lowest BCUT2D eigenvalue weighted by Gasteiger charge is -2.10. The van der Waals surface area contributed by atoms with Crippen LogP contribution in [0.2, 0.25) is 0 Å². The third-order valence-electron chi connectivity index (χ3n) is 4.45. The third-order valence-corrected chi connectivity index (χ3v) is 4.45. The molecule has 0 aliphatic carbocycles. The number of hydrogen-bond acceptors (Lipinski definition) is 2. The molecule has 0 atom stereocenters. The first kappa shape index (κ1) is 13.8. The van der Waals surface area contributed by atoms with Crippen molar-refractivity contribution in [2.75, 3.05) is 0 Å². The Labute approximate surface area is 133 Å². The lowest BCUT2D eigenvalue weighted by atomic mass is 9.99. The van der Waals surface area contributed by atoms with Crippen LogP contribution in [0.5, 0.6) is 0 Å². The van der Waals surface area contributed by atoms with Gasteiger partial charge < -0.3 is 9.55 Å². The van der Waals surface area contributed by atoms with Gasteiger partial charge in [0.25, 0.3) is 5.56 Å². The number of aromatic nitrogens is 3. The summed E-state index contributed by atoms with van der Waals surface area (Å²) in [5.41, 5.74) is 3.04. The van der Waals surface area contributed by atoms with E-state index in [2.05, 4.69) is 29.0 Å². The number of hydrogen-bond donors (Lipinski definition) is 1. The second-order valence-electron chi connectivity index (χ2n) is 5.93. The number of nitrogens with zero attached hydrogens (tertiary/aromatic N) is 2. The van der Waals surface area contributed by atoms with Crippen molar-refractivity contribution in [3.63, 3.8) is 0 Å². The second-order valence-corrected chi connectivity index (χ2v) is 5.93. The van der Waals surface area contributed by atoms with Crippen LogP contribution < -0.4 is 5.56 Å². The quantitative estimate of drug-likeness (QED) is 0.576. The number of H-pyrrole nitrogens is 1. The Kier molecular flexibility index (Phi) is 3.05. The summed E-state index contributed by atoms with van der Waals surface area (Å²) in [6, 6.07) is 12.2. The molecule has 0 saturated heterocycles. The van der Waals surface area contributed by atoms with Crippen LogP contribution in [0.3, 0.4) is 0 Å². The molecule has 4 rings (SSSR count). The number of pyridine rings is 1. The van der Waals surface area contributed by atoms with Gasteiger partial charge in [-0.2, -0.15) is 0 Å². The maximum Gasteiger partial charge on any atom is 0.259 e. The molecule has 4 heteroatoms. The molecule has 4 aromatic rings. The first-order valence-electron chi connectivity index (χ1n) is 7.65. The van der Waals surface area contributed by atoms with Gasteiger partial charge in [-0.15, -0.1) is 0 Å². The highest BCUT2D eigenvalue weighted by molar-refractivity contribution is 6.08. The Morgan fingerprint density at radius 2 is 1.96 bits per heavy atom. The zero-order valence-corrected chi connectivity index (χ0v) is 13.1. The standard InChI is InChI=1S/C19H17N3O/c1-12-9-14-5-3-4-6-16(14)18-15(12)7-8-22(19(18)23)10-17-13(2)20-11-21-17/h3-9,11H,10H2,1-2H3,(H,20,21). The monoisotopic (exact) mass is 303 g/mol. The molecule has 114 valence electrons. The van der Waals surface area contributed by atoms with E-state index in [0.29, 0.717) is 6.54 Å². The molecule has 2 aromatic heterocycles. The fourth-order valence-electron chi connectivity index (χ4n) is 3.16. The van der Waals surface area contributed by atoms with E-state index in [-0.39, 0.29) is 5.56 Å². The summed E-state index contributed by atoms with van der Waals surface area (Å²) in [5.74, 6) is 0. The molecule has 23 heavy (non-hydrogen) atoms. The Morgan fingerprint density at radius 3 is 2.74 bits per heavy atom. The van der Waals surface area contributed by atoms with Crippen LogP contribution in [0, 0.1) is 13.8 Å². The van der Waals surface area contributed by atoms with Gasteiger partial charge in [0.1, 0.15) is 0 Å². The number of aryl methyl sites for hydroxylation is 2. The van der Waals surface area contributed by atoms with Crippen LogP contribution in [0.15, 0.2) is 53.7 Å². The summed E-state index contributed by atoms with van der Waals surface area (Å²) in [4.78, 5) is 20.4. The topological polar surface area (TPSA) is 50.7 Å². The van der Waals surface area contributed by atoms with Gasteiger partial charge in [0, 0.05) is 11.9 Å². The number of rotatable bonds is 2. The minimum Gasteiger partial charge on any atom is -0.348 e. The van der Waals surface area contributed by atoms with Gasteiger partial charge in [0.15, 0.2) is 0 Å². The van der Waals surface area contributed by atoms with E-state index in [4.69, 9.17) is 0 Å². The van der Waals surface area contributed by atoms with Gasteiger partial charge >= 0.3 is 0 Å². The summed E-state index contributed by atoms with van der Waals surface area (Å²) in [6.07, 6.45) is 3.52. The highest BCUT2D eigenvalue weighted by Crippen LogP contribution is 2.25. The van der Waals surface area contributed by atoms with E-state index in [1.54, 1.807) is 10.9 Å². The van der Waals surface area contributed by atoms with Crippen LogP contribution in [0.25, 0.3) is 21.5 Å². The van der Waals surface area contributed by atoms with Crippen molar-refractivity contribution in [3.05, 3.63) is 76.2 Å². The van der Waals surface area contributed by atoms with Gasteiger partial charge in [-0.3, -0.25) is 4.79 Å². The van der Waals surface area contributed by atoms with Crippen molar-refractivity contribution in [1.29, 1.82) is 0 Å². The number of aromatic amines is 1. The lowest BCUT2D eigenvalue weighted by molar-refractivity contribution is 0.747. The zero-order chi connectivity index (χ0) is 16.0. The molecule has 0 aliphatic rings. The third kappa shape index (κ3) is 2.14. The molecule has 0 saturated carbocycles. The van der Waals surface area contributed by atoms with Gasteiger partial charge in [0.2, 0.25) is 0 Å². The molecule has 0 fully saturated rings. The van der Waals surface area contributed by atoms with Crippen molar-refractivity contribution in [3.8, 4) is 0 Å². The van der Waals surface area contributed by atoms with E-state index in [0.717, 1.165) is 38.5 Å². The predicted molar refractivity (Wildman–Crippen MR) is 92.9 cm³/mol. The average Bonchev–Trinajstić information content (AvgIpc) is 2.95. The van der Waals surface area contributed by atoms with Crippen LogP contribution >= 0.6 is 0 Å². The van der Waals surface area contributed by atoms with E-state index in [1.165, 1.54) is 0 Å².